The molecule has 0 saturated carbocycles. The average Bonchev–Trinajstić information content (AvgIpc) is 2.27. The number of nitrogens with zero attached hydrogens (tertiary/aromatic N) is 1. The van der Waals surface area contributed by atoms with Crippen LogP contribution in [0.2, 0.25) is 0 Å². The van der Waals surface area contributed by atoms with Gasteiger partial charge < -0.3 is 4.74 Å². The van der Waals surface area contributed by atoms with Crippen LogP contribution in [0.15, 0.2) is 0 Å². The van der Waals surface area contributed by atoms with Crippen molar-refractivity contribution in [2.45, 2.75) is 44.1 Å². The van der Waals surface area contributed by atoms with Crippen molar-refractivity contribution in [3.63, 3.8) is 0 Å². The Kier molecular flexibility index (Phi) is 6.43. The van der Waals surface area contributed by atoms with Crippen molar-refractivity contribution in [1.29, 1.82) is 0 Å². The number of rotatable bonds is 6. The predicted molar refractivity (Wildman–Crippen MR) is 69.2 cm³/mol. The van der Waals surface area contributed by atoms with Crippen molar-refractivity contribution < 1.29 is 14.5 Å². The van der Waals surface area contributed by atoms with Gasteiger partial charge in [-0.1, -0.05) is 11.6 Å². The Bertz CT molecular complexity index is 331. The molecule has 1 aliphatic rings. The first-order valence-electron chi connectivity index (χ1n) is 6.14. The molecule has 110 valence electrons. The number of carbonyl (C=O) groups is 1. The summed E-state index contributed by atoms with van der Waals surface area (Å²) >= 11 is 5.89. The van der Waals surface area contributed by atoms with E-state index in [2.05, 4.69) is 16.0 Å². The lowest BCUT2D eigenvalue weighted by Crippen LogP contribution is -2.69. The summed E-state index contributed by atoms with van der Waals surface area (Å²) in [6, 6.07) is -1.24. The molecule has 9 heteroatoms. The number of nitro groups is 1. The third kappa shape index (κ3) is 4.90. The Balaban J connectivity index is 2.48. The van der Waals surface area contributed by atoms with Gasteiger partial charge in [0.2, 0.25) is 0 Å². The maximum Gasteiger partial charge on any atom is 0.307 e. The lowest BCUT2D eigenvalue weighted by Gasteiger charge is -2.35. The minimum Gasteiger partial charge on any atom is -0.466 e. The van der Waals surface area contributed by atoms with Crippen LogP contribution in [0.25, 0.3) is 0 Å². The monoisotopic (exact) mass is 294 g/mol. The molecule has 3 N–H and O–H groups in total. The summed E-state index contributed by atoms with van der Waals surface area (Å²) in [7, 11) is 0. The molecule has 4 atom stereocenters. The van der Waals surface area contributed by atoms with Gasteiger partial charge in [-0.15, -0.1) is 0 Å². The molecule has 1 rings (SSSR count). The van der Waals surface area contributed by atoms with Gasteiger partial charge >= 0.3 is 5.97 Å². The maximum absolute atomic E-state index is 11.2. The SMILES string of the molecule is CCOC(=O)CCN[C@@H]1N[C@@H](Cl)N[C@@H](C)[C@@H]1[N+](=O)[O-]. The number of halogens is 1. The van der Waals surface area contributed by atoms with Crippen molar-refractivity contribution in [3.8, 4) is 0 Å². The second-order valence-electron chi connectivity index (χ2n) is 4.25. The van der Waals surface area contributed by atoms with Crippen molar-refractivity contribution >= 4 is 17.6 Å². The van der Waals surface area contributed by atoms with Gasteiger partial charge in [0, 0.05) is 11.5 Å². The van der Waals surface area contributed by atoms with Crippen LogP contribution in [0.1, 0.15) is 20.3 Å². The van der Waals surface area contributed by atoms with Gasteiger partial charge in [0.05, 0.1) is 19.1 Å². The number of ether oxygens (including phenoxy) is 1. The largest absolute Gasteiger partial charge is 0.466 e. The van der Waals surface area contributed by atoms with Crippen LogP contribution in [0.5, 0.6) is 0 Å². The fourth-order valence-electron chi connectivity index (χ4n) is 1.97. The van der Waals surface area contributed by atoms with E-state index in [9.17, 15) is 14.9 Å². The van der Waals surface area contributed by atoms with E-state index >= 15 is 0 Å². The molecule has 0 amide bonds. The van der Waals surface area contributed by atoms with E-state index in [1.165, 1.54) is 0 Å². The third-order valence-corrected chi connectivity index (χ3v) is 3.08. The van der Waals surface area contributed by atoms with Crippen molar-refractivity contribution in [2.24, 2.45) is 0 Å². The molecule has 0 bridgehead atoms. The Morgan fingerprint density at radius 2 is 2.21 bits per heavy atom. The highest BCUT2D eigenvalue weighted by Gasteiger charge is 2.42. The number of hydrogen-bond acceptors (Lipinski definition) is 7. The Hall–Kier alpha value is -0.960. The summed E-state index contributed by atoms with van der Waals surface area (Å²) in [6.07, 6.45) is -0.436. The molecule has 1 heterocycles. The highest BCUT2D eigenvalue weighted by Crippen LogP contribution is 2.11. The van der Waals surface area contributed by atoms with Crippen molar-refractivity contribution in [2.75, 3.05) is 13.2 Å². The molecule has 8 nitrogen and oxygen atoms in total. The summed E-state index contributed by atoms with van der Waals surface area (Å²) in [5.41, 5.74) is -0.550. The quantitative estimate of drug-likeness (QED) is 0.201. The molecule has 1 saturated heterocycles. The van der Waals surface area contributed by atoms with Crippen LogP contribution in [-0.4, -0.2) is 47.9 Å². The number of alkyl halides is 1. The molecular formula is C10H19ClN4O4. The minimum atomic E-state index is -0.864. The van der Waals surface area contributed by atoms with E-state index in [4.69, 9.17) is 16.3 Å². The van der Waals surface area contributed by atoms with E-state index in [0.29, 0.717) is 6.61 Å². The first kappa shape index (κ1) is 16.1. The van der Waals surface area contributed by atoms with Crippen molar-refractivity contribution in [1.82, 2.24) is 16.0 Å². The zero-order valence-corrected chi connectivity index (χ0v) is 11.6. The molecule has 0 spiro atoms. The summed E-state index contributed by atoms with van der Waals surface area (Å²) in [4.78, 5) is 21.8. The first-order chi connectivity index (χ1) is 8.95. The van der Waals surface area contributed by atoms with Gasteiger partial charge in [0.15, 0.2) is 0 Å². The average molecular weight is 295 g/mol. The van der Waals surface area contributed by atoms with Gasteiger partial charge in [-0.3, -0.25) is 30.9 Å². The topological polar surface area (TPSA) is 106 Å². The second-order valence-corrected chi connectivity index (χ2v) is 4.68. The Labute approximate surface area is 116 Å². The minimum absolute atomic E-state index is 0.158. The maximum atomic E-state index is 11.2. The van der Waals surface area contributed by atoms with Crippen LogP contribution in [0.3, 0.4) is 0 Å². The smallest absolute Gasteiger partial charge is 0.307 e. The summed E-state index contributed by atoms with van der Waals surface area (Å²) < 4.78 is 4.78. The van der Waals surface area contributed by atoms with Crippen LogP contribution in [0.4, 0.5) is 0 Å². The zero-order chi connectivity index (χ0) is 14.4. The van der Waals surface area contributed by atoms with Crippen molar-refractivity contribution in [3.05, 3.63) is 10.1 Å². The van der Waals surface area contributed by atoms with E-state index in [-0.39, 0.29) is 29.9 Å². The molecular weight excluding hydrogens is 276 g/mol. The number of carbonyl (C=O) groups excluding carboxylic acids is 1. The molecule has 0 aliphatic carbocycles. The van der Waals surface area contributed by atoms with Crippen LogP contribution < -0.4 is 16.0 Å². The van der Waals surface area contributed by atoms with Crippen LogP contribution >= 0.6 is 11.6 Å². The molecule has 0 radical (unpaired) electrons. The number of nitrogens with one attached hydrogen (secondary N) is 3. The molecule has 0 aromatic carbocycles. The van der Waals surface area contributed by atoms with Crippen LogP contribution in [-0.2, 0) is 9.53 Å². The second kappa shape index (κ2) is 7.59. The van der Waals surface area contributed by atoms with Gasteiger partial charge in [-0.25, -0.2) is 0 Å². The van der Waals surface area contributed by atoms with E-state index < -0.39 is 17.8 Å². The Morgan fingerprint density at radius 1 is 1.53 bits per heavy atom. The standard InChI is InChI=1S/C10H19ClN4O4/c1-3-19-7(16)4-5-12-9-8(15(17)18)6(2)13-10(11)14-9/h6,8-10,12-14H,3-5H2,1-2H3/t6-,8-,9+,10-/m0/s1. The van der Waals surface area contributed by atoms with Gasteiger partial charge in [0.25, 0.3) is 6.04 Å². The summed E-state index contributed by atoms with van der Waals surface area (Å²) in [5.74, 6) is -0.336. The van der Waals surface area contributed by atoms with E-state index in [1.807, 2.05) is 0 Å². The van der Waals surface area contributed by atoms with Gasteiger partial charge in [0.1, 0.15) is 11.8 Å². The molecule has 19 heavy (non-hydrogen) atoms. The first-order valence-corrected chi connectivity index (χ1v) is 6.58. The highest BCUT2D eigenvalue weighted by molar-refractivity contribution is 6.20. The zero-order valence-electron chi connectivity index (χ0n) is 10.9. The number of hydrogen-bond donors (Lipinski definition) is 3. The molecule has 0 unspecified atom stereocenters. The van der Waals surface area contributed by atoms with Crippen LogP contribution in [0, 0.1) is 10.1 Å². The molecule has 1 fully saturated rings. The van der Waals surface area contributed by atoms with Gasteiger partial charge in [-0.2, -0.15) is 0 Å². The molecule has 0 aromatic rings. The lowest BCUT2D eigenvalue weighted by molar-refractivity contribution is -0.534. The predicted octanol–water partition coefficient (Wildman–Crippen LogP) is -0.396. The van der Waals surface area contributed by atoms with Gasteiger partial charge in [-0.05, 0) is 13.8 Å². The molecule has 1 aliphatic heterocycles. The number of esters is 1. The lowest BCUT2D eigenvalue weighted by atomic mass is 10.1. The normalized spacial score (nSPS) is 30.9. The molecule has 0 aromatic heterocycles. The van der Waals surface area contributed by atoms with E-state index in [1.54, 1.807) is 13.8 Å². The summed E-state index contributed by atoms with van der Waals surface area (Å²) in [6.45, 7) is 4.03. The summed E-state index contributed by atoms with van der Waals surface area (Å²) in [5, 5.41) is 19.6. The highest BCUT2D eigenvalue weighted by atomic mass is 35.5. The fourth-order valence-corrected chi connectivity index (χ4v) is 2.30. The van der Waals surface area contributed by atoms with E-state index in [0.717, 1.165) is 0 Å². The fraction of sp³-hybridized carbons (Fsp3) is 0.900. The third-order valence-electron chi connectivity index (χ3n) is 2.83. The Morgan fingerprint density at radius 3 is 2.79 bits per heavy atom.